The lowest BCUT2D eigenvalue weighted by atomic mass is 9.98. The number of hydrogen-bond donors (Lipinski definition) is 6. The Hall–Kier alpha value is -3.62. The van der Waals surface area contributed by atoms with E-state index in [1.54, 1.807) is 12.1 Å². The molecule has 14 heteroatoms. The minimum absolute atomic E-state index is 0.0350. The molecule has 1 aliphatic rings. The summed E-state index contributed by atoms with van der Waals surface area (Å²) in [5.74, 6) is -0.803. The molecule has 0 unspecified atom stereocenters. The zero-order valence-corrected chi connectivity index (χ0v) is 29.9. The van der Waals surface area contributed by atoms with Crippen LogP contribution in [0.15, 0.2) is 54.6 Å². The van der Waals surface area contributed by atoms with E-state index in [4.69, 9.17) is 11.6 Å². The van der Waals surface area contributed by atoms with Gasteiger partial charge in [-0.15, -0.1) is 0 Å². The predicted octanol–water partition coefficient (Wildman–Crippen LogP) is 6.93. The molecule has 3 aromatic carbocycles. The molecule has 0 aromatic heterocycles. The first-order valence-electron chi connectivity index (χ1n) is 17.0. The molecule has 1 aliphatic heterocycles. The fraction of sp³-hybridized carbons (Fsp3) is 0.472. The molecule has 0 bridgehead atoms. The van der Waals surface area contributed by atoms with Crippen LogP contribution in [0, 0.1) is 5.82 Å². The van der Waals surface area contributed by atoms with E-state index < -0.39 is 28.0 Å². The molecular formula is C36H48ClFN4O7S. The largest absolute Gasteiger partial charge is 0.506 e. The van der Waals surface area contributed by atoms with Crippen LogP contribution in [0.4, 0.5) is 20.6 Å². The highest BCUT2D eigenvalue weighted by Gasteiger charge is 2.31. The van der Waals surface area contributed by atoms with Crippen molar-refractivity contribution >= 4 is 39.1 Å². The van der Waals surface area contributed by atoms with Gasteiger partial charge in [0.05, 0.1) is 28.8 Å². The number of sulfonamides is 1. The number of carboxylic acid groups (broad SMARTS) is 1. The molecule has 50 heavy (non-hydrogen) atoms. The van der Waals surface area contributed by atoms with Gasteiger partial charge in [0, 0.05) is 31.2 Å². The van der Waals surface area contributed by atoms with Crippen LogP contribution in [0.3, 0.4) is 0 Å². The van der Waals surface area contributed by atoms with Crippen molar-refractivity contribution in [3.63, 3.8) is 0 Å². The molecule has 0 saturated carbocycles. The molecule has 1 saturated heterocycles. The molecule has 0 spiro atoms. The van der Waals surface area contributed by atoms with Crippen LogP contribution in [-0.2, 0) is 10.0 Å². The van der Waals surface area contributed by atoms with E-state index in [9.17, 15) is 38.0 Å². The topological polar surface area (TPSA) is 163 Å². The molecule has 11 nitrogen and oxygen atoms in total. The Balaban J connectivity index is 1.10. The maximum atomic E-state index is 14.3. The first-order valence-corrected chi connectivity index (χ1v) is 19.3. The monoisotopic (exact) mass is 734 g/mol. The number of aliphatic hydroxyl groups excluding tert-OH is 1. The van der Waals surface area contributed by atoms with Crippen LogP contribution >= 0.6 is 11.6 Å². The van der Waals surface area contributed by atoms with Gasteiger partial charge in [-0.05, 0) is 92.4 Å². The molecule has 3 aromatic rings. The van der Waals surface area contributed by atoms with Crippen molar-refractivity contribution in [2.24, 2.45) is 0 Å². The van der Waals surface area contributed by atoms with Gasteiger partial charge in [-0.3, -0.25) is 9.62 Å². The summed E-state index contributed by atoms with van der Waals surface area (Å²) in [4.78, 5) is 16.2. The molecule has 1 heterocycles. The Morgan fingerprint density at radius 3 is 2.28 bits per heavy atom. The van der Waals surface area contributed by atoms with Gasteiger partial charge < -0.3 is 30.6 Å². The number of halogens is 2. The van der Waals surface area contributed by atoms with Crippen LogP contribution in [-0.4, -0.2) is 84.9 Å². The normalized spacial score (nSPS) is 14.8. The molecule has 0 aliphatic carbocycles. The molecule has 274 valence electrons. The first kappa shape index (κ1) is 39.2. The molecule has 4 rings (SSSR count). The maximum Gasteiger partial charge on any atom is 0.412 e. The number of rotatable bonds is 18. The van der Waals surface area contributed by atoms with E-state index in [-0.39, 0.29) is 28.3 Å². The summed E-state index contributed by atoms with van der Waals surface area (Å²) in [6.07, 6.45) is 8.08. The maximum absolute atomic E-state index is 14.3. The second-order valence-electron chi connectivity index (χ2n) is 12.9. The van der Waals surface area contributed by atoms with Crippen LogP contribution in [0.2, 0.25) is 5.02 Å². The van der Waals surface area contributed by atoms with Crippen LogP contribution < -0.4 is 14.9 Å². The first-order chi connectivity index (χ1) is 23.8. The lowest BCUT2D eigenvalue weighted by Gasteiger charge is -2.38. The molecule has 6 N–H and O–H groups in total. The highest BCUT2D eigenvalue weighted by atomic mass is 35.5. The average molecular weight is 735 g/mol. The van der Waals surface area contributed by atoms with Crippen molar-refractivity contribution in [3.8, 4) is 22.6 Å². The Bertz CT molecular complexity index is 1690. The van der Waals surface area contributed by atoms with Gasteiger partial charge in [-0.1, -0.05) is 55.8 Å². The summed E-state index contributed by atoms with van der Waals surface area (Å²) in [5, 5.41) is 43.7. The number of anilines is 2. The third kappa shape index (κ3) is 11.7. The van der Waals surface area contributed by atoms with Crippen molar-refractivity contribution in [1.82, 2.24) is 10.2 Å². The Morgan fingerprint density at radius 2 is 1.62 bits per heavy atom. The van der Waals surface area contributed by atoms with Crippen molar-refractivity contribution in [3.05, 3.63) is 71.0 Å². The highest BCUT2D eigenvalue weighted by molar-refractivity contribution is 7.92. The van der Waals surface area contributed by atoms with Crippen molar-refractivity contribution in [1.29, 1.82) is 0 Å². The van der Waals surface area contributed by atoms with Gasteiger partial charge in [0.2, 0.25) is 10.0 Å². The fourth-order valence-corrected chi connectivity index (χ4v) is 7.09. The van der Waals surface area contributed by atoms with Gasteiger partial charge in [-0.2, -0.15) is 0 Å². The summed E-state index contributed by atoms with van der Waals surface area (Å²) in [7, 11) is -3.55. The molecule has 1 fully saturated rings. The number of aliphatic hydroxyl groups is 1. The number of phenolic OH excluding ortho intramolecular Hbond substituents is 2. The quantitative estimate of drug-likeness (QED) is 0.0601. The lowest BCUT2D eigenvalue weighted by molar-refractivity contribution is 0.174. The Kier molecular flexibility index (Phi) is 14.5. The van der Waals surface area contributed by atoms with E-state index in [1.165, 1.54) is 47.4 Å². The molecule has 1 amide bonds. The lowest BCUT2D eigenvalue weighted by Crippen LogP contribution is -2.47. The SMILES string of the molecule is CS(=O)(=O)Nc1cc([C@H](O)CNCCCCCCCCCN2CCC(N(C(=O)O)c3ccc(F)cc3-c3ccc(O)c(Cl)c3)CC2)ccc1O. The number of carbonyl (C=O) groups is 1. The van der Waals surface area contributed by atoms with E-state index in [1.807, 2.05) is 0 Å². The third-order valence-electron chi connectivity index (χ3n) is 8.97. The Morgan fingerprint density at radius 1 is 0.960 bits per heavy atom. The summed E-state index contributed by atoms with van der Waals surface area (Å²) >= 11 is 6.10. The second-order valence-corrected chi connectivity index (χ2v) is 15.1. The predicted molar refractivity (Wildman–Crippen MR) is 195 cm³/mol. The van der Waals surface area contributed by atoms with Crippen LogP contribution in [0.5, 0.6) is 11.5 Å². The van der Waals surface area contributed by atoms with E-state index >= 15 is 0 Å². The van der Waals surface area contributed by atoms with E-state index in [2.05, 4.69) is 14.9 Å². The van der Waals surface area contributed by atoms with E-state index in [0.29, 0.717) is 41.8 Å². The number of nitrogens with one attached hydrogen (secondary N) is 2. The van der Waals surface area contributed by atoms with Gasteiger partial charge in [0.1, 0.15) is 17.3 Å². The minimum Gasteiger partial charge on any atom is -0.506 e. The standard InChI is InChI=1S/C36H48ClFN4O7S/c1-50(48,49)40-31-22-26(10-14-34(31)44)35(45)24-39-17-7-5-3-2-4-6-8-18-41-19-15-28(16-20-41)42(36(46)47)32-12-11-27(38)23-29(32)25-9-13-33(43)30(37)21-25/h9-14,21-23,28,35,39-40,43-45H,2-8,15-20,24H2,1H3,(H,46,47)/t35-/m1/s1. The van der Waals surface area contributed by atoms with Gasteiger partial charge in [-0.25, -0.2) is 17.6 Å². The highest BCUT2D eigenvalue weighted by Crippen LogP contribution is 2.38. The number of unbranched alkanes of at least 4 members (excludes halogenated alkanes) is 6. The van der Waals surface area contributed by atoms with Crippen molar-refractivity contribution < 1.29 is 38.0 Å². The summed E-state index contributed by atoms with van der Waals surface area (Å²) in [6, 6.07) is 12.7. The average Bonchev–Trinajstić information content (AvgIpc) is 3.06. The minimum atomic E-state index is -3.55. The zero-order chi connectivity index (χ0) is 36.3. The van der Waals surface area contributed by atoms with Gasteiger partial charge in [0.15, 0.2) is 0 Å². The second kappa shape index (κ2) is 18.6. The van der Waals surface area contributed by atoms with Crippen molar-refractivity contribution in [2.75, 3.05) is 48.6 Å². The summed E-state index contributed by atoms with van der Waals surface area (Å²) < 4.78 is 39.5. The van der Waals surface area contributed by atoms with E-state index in [0.717, 1.165) is 77.4 Å². The number of phenols is 2. The number of piperidine rings is 1. The zero-order valence-electron chi connectivity index (χ0n) is 28.3. The number of nitrogens with zero attached hydrogens (tertiary/aromatic N) is 2. The summed E-state index contributed by atoms with van der Waals surface area (Å²) in [6.45, 7) is 3.60. The fourth-order valence-electron chi connectivity index (χ4n) is 6.35. The Labute approximate surface area is 298 Å². The number of benzene rings is 3. The van der Waals surface area contributed by atoms with Gasteiger partial charge >= 0.3 is 6.09 Å². The molecule has 1 atom stereocenters. The van der Waals surface area contributed by atoms with Crippen LogP contribution in [0.1, 0.15) is 69.5 Å². The van der Waals surface area contributed by atoms with Gasteiger partial charge in [0.25, 0.3) is 0 Å². The smallest absolute Gasteiger partial charge is 0.412 e. The van der Waals surface area contributed by atoms with Crippen LogP contribution in [0.25, 0.3) is 11.1 Å². The number of amides is 1. The third-order valence-corrected chi connectivity index (χ3v) is 9.86. The molecule has 0 radical (unpaired) electrons. The number of hydrogen-bond acceptors (Lipinski definition) is 8. The number of aromatic hydroxyl groups is 2. The summed E-state index contributed by atoms with van der Waals surface area (Å²) in [5.41, 5.74) is 1.85. The van der Waals surface area contributed by atoms with Crippen molar-refractivity contribution in [2.45, 2.75) is 69.9 Å². The number of likely N-dealkylation sites (tertiary alicyclic amines) is 1. The molecular weight excluding hydrogens is 687 g/mol.